The summed E-state index contributed by atoms with van der Waals surface area (Å²) in [4.78, 5) is 17.4. The average molecular weight is 350 g/mol. The number of benzene rings is 2. The van der Waals surface area contributed by atoms with Gasteiger partial charge in [-0.2, -0.15) is 0 Å². The van der Waals surface area contributed by atoms with Crippen molar-refractivity contribution in [3.8, 4) is 11.5 Å². The van der Waals surface area contributed by atoms with Crippen molar-refractivity contribution in [1.29, 1.82) is 0 Å². The van der Waals surface area contributed by atoms with Gasteiger partial charge in [0.2, 0.25) is 0 Å². The Morgan fingerprint density at radius 1 is 1.12 bits per heavy atom. The summed E-state index contributed by atoms with van der Waals surface area (Å²) in [6, 6.07) is 13.8. The van der Waals surface area contributed by atoms with Crippen LogP contribution in [-0.2, 0) is 11.3 Å². The number of fused-ring (bicyclic) bond motifs is 2. The van der Waals surface area contributed by atoms with E-state index in [-0.39, 0.29) is 12.5 Å². The number of nitrogens with zero attached hydrogens (tertiary/aromatic N) is 2. The van der Waals surface area contributed by atoms with Gasteiger partial charge in [0, 0.05) is 30.9 Å². The third kappa shape index (κ3) is 2.95. The van der Waals surface area contributed by atoms with Crippen molar-refractivity contribution >= 4 is 17.7 Å². The maximum atomic E-state index is 13.3. The van der Waals surface area contributed by atoms with E-state index in [2.05, 4.69) is 18.0 Å². The Kier molecular flexibility index (Phi) is 4.39. The van der Waals surface area contributed by atoms with Crippen molar-refractivity contribution in [2.75, 3.05) is 38.8 Å². The molecule has 0 unspecified atom stereocenters. The summed E-state index contributed by atoms with van der Waals surface area (Å²) in [5, 5.41) is 0. The number of amides is 1. The van der Waals surface area contributed by atoms with Crippen LogP contribution in [0, 0.1) is 0 Å². The highest BCUT2D eigenvalue weighted by Crippen LogP contribution is 2.36. The highest BCUT2D eigenvalue weighted by atomic mass is 16.5. The topological polar surface area (TPSA) is 42.0 Å². The Labute approximate surface area is 153 Å². The molecule has 2 heterocycles. The number of anilines is 1. The normalized spacial score (nSPS) is 16.7. The van der Waals surface area contributed by atoms with Gasteiger partial charge >= 0.3 is 0 Å². The first-order chi connectivity index (χ1) is 12.7. The van der Waals surface area contributed by atoms with Gasteiger partial charge in [0.15, 0.2) is 11.5 Å². The van der Waals surface area contributed by atoms with Gasteiger partial charge < -0.3 is 19.3 Å². The van der Waals surface area contributed by atoms with Gasteiger partial charge in [0.25, 0.3) is 5.91 Å². The lowest BCUT2D eigenvalue weighted by Gasteiger charge is -2.26. The highest BCUT2D eigenvalue weighted by molar-refractivity contribution is 6.09. The molecule has 0 saturated heterocycles. The van der Waals surface area contributed by atoms with Gasteiger partial charge in [0.1, 0.15) is 6.61 Å². The van der Waals surface area contributed by atoms with Crippen LogP contribution in [0.1, 0.15) is 11.1 Å². The number of likely N-dealkylation sites (N-methyl/N-ethyl adjacent to an activating group) is 1. The summed E-state index contributed by atoms with van der Waals surface area (Å²) in [6.07, 6.45) is 1.92. The molecular formula is C21H22N2O3. The second-order valence-corrected chi connectivity index (χ2v) is 6.66. The SMILES string of the molecule is COc1cccc2c1OCC(C(=O)N1CCN(C)Cc3ccccc31)=C2. The zero-order valence-electron chi connectivity index (χ0n) is 15.1. The molecule has 1 amide bonds. The van der Waals surface area contributed by atoms with E-state index in [0.29, 0.717) is 23.6 Å². The molecule has 0 saturated carbocycles. The van der Waals surface area contributed by atoms with E-state index in [1.54, 1.807) is 7.11 Å². The van der Waals surface area contributed by atoms with E-state index in [4.69, 9.17) is 9.47 Å². The van der Waals surface area contributed by atoms with Gasteiger partial charge in [-0.25, -0.2) is 0 Å². The smallest absolute Gasteiger partial charge is 0.257 e. The van der Waals surface area contributed by atoms with Gasteiger partial charge in [-0.15, -0.1) is 0 Å². The molecule has 0 aromatic heterocycles. The predicted molar refractivity (Wildman–Crippen MR) is 102 cm³/mol. The Bertz CT molecular complexity index is 875. The van der Waals surface area contributed by atoms with E-state index in [1.807, 2.05) is 47.4 Å². The van der Waals surface area contributed by atoms with Gasteiger partial charge in [0.05, 0.1) is 12.7 Å². The molecular weight excluding hydrogens is 328 g/mol. The number of ether oxygens (including phenoxy) is 2. The Hall–Kier alpha value is -2.79. The van der Waals surface area contributed by atoms with Crippen molar-refractivity contribution in [3.63, 3.8) is 0 Å². The molecule has 2 aromatic rings. The number of para-hydroxylation sites is 2. The van der Waals surface area contributed by atoms with Crippen LogP contribution in [0.4, 0.5) is 5.69 Å². The Morgan fingerprint density at radius 2 is 1.96 bits per heavy atom. The molecule has 0 aliphatic carbocycles. The second-order valence-electron chi connectivity index (χ2n) is 6.66. The first-order valence-corrected chi connectivity index (χ1v) is 8.76. The number of hydrogen-bond acceptors (Lipinski definition) is 4. The summed E-state index contributed by atoms with van der Waals surface area (Å²) in [7, 11) is 3.70. The third-order valence-electron chi connectivity index (χ3n) is 4.88. The fourth-order valence-electron chi connectivity index (χ4n) is 3.52. The van der Waals surface area contributed by atoms with Gasteiger partial charge in [-0.1, -0.05) is 30.3 Å². The molecule has 0 N–H and O–H groups in total. The predicted octanol–water partition coefficient (Wildman–Crippen LogP) is 2.95. The fourth-order valence-corrected chi connectivity index (χ4v) is 3.52. The summed E-state index contributed by atoms with van der Waals surface area (Å²) >= 11 is 0. The Balaban J connectivity index is 1.69. The standard InChI is InChI=1S/C21H22N2O3/c1-22-10-11-23(18-8-4-3-6-16(18)13-22)21(24)17-12-15-7-5-9-19(25-2)20(15)26-14-17/h3-9,12H,10-11,13-14H2,1-2H3. The van der Waals surface area contributed by atoms with Crippen LogP contribution < -0.4 is 14.4 Å². The summed E-state index contributed by atoms with van der Waals surface area (Å²) in [5.41, 5.74) is 3.68. The minimum atomic E-state index is 0.00113. The van der Waals surface area contributed by atoms with Crippen LogP contribution in [-0.4, -0.2) is 44.7 Å². The second kappa shape index (κ2) is 6.84. The highest BCUT2D eigenvalue weighted by Gasteiger charge is 2.27. The molecule has 0 spiro atoms. The van der Waals surface area contributed by atoms with E-state index in [1.165, 1.54) is 5.56 Å². The van der Waals surface area contributed by atoms with Crippen molar-refractivity contribution in [1.82, 2.24) is 4.90 Å². The third-order valence-corrected chi connectivity index (χ3v) is 4.88. The molecule has 0 atom stereocenters. The molecule has 2 aromatic carbocycles. The van der Waals surface area contributed by atoms with Crippen LogP contribution in [0.5, 0.6) is 11.5 Å². The zero-order valence-corrected chi connectivity index (χ0v) is 15.1. The van der Waals surface area contributed by atoms with Crippen molar-refractivity contribution in [3.05, 3.63) is 59.2 Å². The van der Waals surface area contributed by atoms with Crippen molar-refractivity contribution < 1.29 is 14.3 Å². The largest absolute Gasteiger partial charge is 0.493 e. The first-order valence-electron chi connectivity index (χ1n) is 8.76. The van der Waals surface area contributed by atoms with E-state index in [9.17, 15) is 4.79 Å². The molecule has 5 nitrogen and oxygen atoms in total. The van der Waals surface area contributed by atoms with Crippen molar-refractivity contribution in [2.24, 2.45) is 0 Å². The fraction of sp³-hybridized carbons (Fsp3) is 0.286. The van der Waals surface area contributed by atoms with Crippen molar-refractivity contribution in [2.45, 2.75) is 6.54 Å². The molecule has 5 heteroatoms. The lowest BCUT2D eigenvalue weighted by Crippen LogP contribution is -2.37. The molecule has 2 aliphatic rings. The summed E-state index contributed by atoms with van der Waals surface area (Å²) in [5.74, 6) is 1.38. The number of carbonyl (C=O) groups is 1. The molecule has 0 radical (unpaired) electrons. The molecule has 0 bridgehead atoms. The molecule has 134 valence electrons. The molecule has 4 rings (SSSR count). The minimum absolute atomic E-state index is 0.00113. The number of methoxy groups -OCH3 is 1. The van der Waals surface area contributed by atoms with E-state index < -0.39 is 0 Å². The van der Waals surface area contributed by atoms with Crippen LogP contribution in [0.3, 0.4) is 0 Å². The van der Waals surface area contributed by atoms with Crippen LogP contribution in [0.2, 0.25) is 0 Å². The quantitative estimate of drug-likeness (QED) is 0.835. The monoisotopic (exact) mass is 350 g/mol. The minimum Gasteiger partial charge on any atom is -0.493 e. The maximum absolute atomic E-state index is 13.3. The zero-order chi connectivity index (χ0) is 18.1. The lowest BCUT2D eigenvalue weighted by atomic mass is 10.0. The molecule has 26 heavy (non-hydrogen) atoms. The lowest BCUT2D eigenvalue weighted by molar-refractivity contribution is -0.115. The average Bonchev–Trinajstić information content (AvgIpc) is 2.84. The van der Waals surface area contributed by atoms with Gasteiger partial charge in [-0.3, -0.25) is 4.79 Å². The van der Waals surface area contributed by atoms with Crippen LogP contribution in [0.25, 0.3) is 6.08 Å². The van der Waals surface area contributed by atoms with E-state index in [0.717, 1.165) is 24.3 Å². The van der Waals surface area contributed by atoms with Crippen LogP contribution >= 0.6 is 0 Å². The summed E-state index contributed by atoms with van der Waals surface area (Å²) < 4.78 is 11.2. The number of carbonyl (C=O) groups excluding carboxylic acids is 1. The number of hydrogen-bond donors (Lipinski definition) is 0. The van der Waals surface area contributed by atoms with Gasteiger partial charge in [-0.05, 0) is 30.8 Å². The van der Waals surface area contributed by atoms with E-state index >= 15 is 0 Å². The first kappa shape index (κ1) is 16.7. The van der Waals surface area contributed by atoms with Crippen LogP contribution in [0.15, 0.2) is 48.0 Å². The molecule has 2 aliphatic heterocycles. The number of rotatable bonds is 2. The maximum Gasteiger partial charge on any atom is 0.257 e. The Morgan fingerprint density at radius 3 is 2.81 bits per heavy atom. The molecule has 0 fully saturated rings. The summed E-state index contributed by atoms with van der Waals surface area (Å²) in [6.45, 7) is 2.59.